The Morgan fingerprint density at radius 2 is 2.20 bits per heavy atom. The Balaban J connectivity index is 2.50. The molecule has 0 aliphatic rings. The highest BCUT2D eigenvalue weighted by molar-refractivity contribution is 5.63. The minimum atomic E-state index is 0.790. The lowest BCUT2D eigenvalue weighted by molar-refractivity contribution is 0.767. The van der Waals surface area contributed by atoms with Crippen molar-refractivity contribution in [1.82, 2.24) is 14.8 Å². The molecule has 1 heterocycles. The normalized spacial score (nSPS) is 10.5. The smallest absolute Gasteiger partial charge is 0.163 e. The van der Waals surface area contributed by atoms with E-state index in [-0.39, 0.29) is 0 Å². The first-order valence-corrected chi connectivity index (χ1v) is 4.96. The molecule has 0 saturated carbocycles. The van der Waals surface area contributed by atoms with Gasteiger partial charge in [0.2, 0.25) is 0 Å². The van der Waals surface area contributed by atoms with Crippen LogP contribution in [-0.2, 0) is 6.54 Å². The molecule has 0 amide bonds. The van der Waals surface area contributed by atoms with E-state index in [1.165, 1.54) is 0 Å². The Hall–Kier alpha value is -1.84. The molecule has 0 bridgehead atoms. The van der Waals surface area contributed by atoms with Gasteiger partial charge in [0.1, 0.15) is 6.33 Å². The number of aryl methyl sites for hydroxylation is 2. The fourth-order valence-electron chi connectivity index (χ4n) is 1.49. The zero-order valence-corrected chi connectivity index (χ0v) is 8.94. The van der Waals surface area contributed by atoms with Crippen molar-refractivity contribution in [3.8, 4) is 11.4 Å². The van der Waals surface area contributed by atoms with Crippen molar-refractivity contribution in [2.75, 3.05) is 5.73 Å². The summed E-state index contributed by atoms with van der Waals surface area (Å²) in [5.41, 5.74) is 8.75. The van der Waals surface area contributed by atoms with E-state index in [0.717, 1.165) is 29.2 Å². The van der Waals surface area contributed by atoms with E-state index in [1.54, 1.807) is 6.33 Å². The van der Waals surface area contributed by atoms with Crippen LogP contribution in [0.5, 0.6) is 0 Å². The number of anilines is 1. The van der Waals surface area contributed by atoms with Crippen LogP contribution in [0.15, 0.2) is 24.5 Å². The van der Waals surface area contributed by atoms with Gasteiger partial charge in [-0.15, -0.1) is 10.2 Å². The summed E-state index contributed by atoms with van der Waals surface area (Å²) >= 11 is 0. The van der Waals surface area contributed by atoms with Gasteiger partial charge in [-0.25, -0.2) is 0 Å². The minimum absolute atomic E-state index is 0.790. The molecule has 0 unspecified atom stereocenters. The molecule has 1 aromatic carbocycles. The first-order valence-electron chi connectivity index (χ1n) is 4.96. The van der Waals surface area contributed by atoms with Gasteiger partial charge in [-0.1, -0.05) is 12.1 Å². The van der Waals surface area contributed by atoms with Gasteiger partial charge in [0.25, 0.3) is 0 Å². The summed E-state index contributed by atoms with van der Waals surface area (Å²) in [6.07, 6.45) is 1.73. The third-order valence-electron chi connectivity index (χ3n) is 2.49. The summed E-state index contributed by atoms with van der Waals surface area (Å²) < 4.78 is 1.99. The number of rotatable bonds is 2. The largest absolute Gasteiger partial charge is 0.398 e. The molecule has 1 aromatic heterocycles. The average Bonchev–Trinajstić information content (AvgIpc) is 2.70. The summed E-state index contributed by atoms with van der Waals surface area (Å²) in [5, 5.41) is 7.98. The number of nitrogen functional groups attached to an aromatic ring is 1. The van der Waals surface area contributed by atoms with Crippen LogP contribution in [0.1, 0.15) is 12.5 Å². The van der Waals surface area contributed by atoms with Crippen molar-refractivity contribution >= 4 is 5.69 Å². The highest BCUT2D eigenvalue weighted by atomic mass is 15.3. The van der Waals surface area contributed by atoms with Crippen LogP contribution in [0.4, 0.5) is 5.69 Å². The monoisotopic (exact) mass is 202 g/mol. The lowest BCUT2D eigenvalue weighted by Crippen LogP contribution is -1.97. The molecule has 0 aliphatic heterocycles. The molecule has 0 radical (unpaired) electrons. The molecule has 0 spiro atoms. The summed E-state index contributed by atoms with van der Waals surface area (Å²) in [7, 11) is 0. The molecule has 0 saturated heterocycles. The van der Waals surface area contributed by atoms with E-state index in [2.05, 4.69) is 17.1 Å². The van der Waals surface area contributed by atoms with Gasteiger partial charge in [0.05, 0.1) is 0 Å². The SMILES string of the molecule is CCn1cnnc1-c1ccc(C)c(N)c1. The van der Waals surface area contributed by atoms with Gasteiger partial charge in [0.15, 0.2) is 5.82 Å². The van der Waals surface area contributed by atoms with Crippen LogP contribution in [0.3, 0.4) is 0 Å². The Labute approximate surface area is 88.8 Å². The summed E-state index contributed by atoms with van der Waals surface area (Å²) in [6, 6.07) is 5.95. The molecule has 0 atom stereocenters. The number of benzene rings is 1. The van der Waals surface area contributed by atoms with Crippen LogP contribution < -0.4 is 5.73 Å². The quantitative estimate of drug-likeness (QED) is 0.756. The zero-order chi connectivity index (χ0) is 10.8. The van der Waals surface area contributed by atoms with E-state index >= 15 is 0 Å². The highest BCUT2D eigenvalue weighted by Gasteiger charge is 2.06. The second-order valence-electron chi connectivity index (χ2n) is 3.51. The van der Waals surface area contributed by atoms with Gasteiger partial charge >= 0.3 is 0 Å². The van der Waals surface area contributed by atoms with Gasteiger partial charge in [0, 0.05) is 17.8 Å². The second-order valence-corrected chi connectivity index (χ2v) is 3.51. The third-order valence-corrected chi connectivity index (χ3v) is 2.49. The molecule has 4 heteroatoms. The van der Waals surface area contributed by atoms with E-state index in [0.29, 0.717) is 0 Å². The number of nitrogens with two attached hydrogens (primary N) is 1. The van der Waals surface area contributed by atoms with Crippen LogP contribution >= 0.6 is 0 Å². The molecule has 0 fully saturated rings. The maximum atomic E-state index is 5.86. The maximum Gasteiger partial charge on any atom is 0.163 e. The molecule has 2 aromatic rings. The van der Waals surface area contributed by atoms with Gasteiger partial charge < -0.3 is 10.3 Å². The third kappa shape index (κ3) is 1.70. The molecule has 0 aliphatic carbocycles. The van der Waals surface area contributed by atoms with E-state index in [9.17, 15) is 0 Å². The average molecular weight is 202 g/mol. The fourth-order valence-corrected chi connectivity index (χ4v) is 1.49. The second kappa shape index (κ2) is 3.73. The van der Waals surface area contributed by atoms with Crippen LogP contribution in [0.25, 0.3) is 11.4 Å². The Morgan fingerprint density at radius 1 is 1.40 bits per heavy atom. The van der Waals surface area contributed by atoms with Crippen LogP contribution in [0.2, 0.25) is 0 Å². The van der Waals surface area contributed by atoms with Crippen molar-refractivity contribution in [3.63, 3.8) is 0 Å². The molecule has 4 nitrogen and oxygen atoms in total. The minimum Gasteiger partial charge on any atom is -0.398 e. The van der Waals surface area contributed by atoms with Crippen molar-refractivity contribution in [2.24, 2.45) is 0 Å². The summed E-state index contributed by atoms with van der Waals surface area (Å²) in [4.78, 5) is 0. The Kier molecular flexibility index (Phi) is 2.41. The standard InChI is InChI=1S/C11H14N4/c1-3-15-7-13-14-11(15)9-5-4-8(2)10(12)6-9/h4-7H,3,12H2,1-2H3. The molecule has 2 rings (SSSR count). The van der Waals surface area contributed by atoms with Crippen molar-refractivity contribution in [1.29, 1.82) is 0 Å². The number of aromatic nitrogens is 3. The summed E-state index contributed by atoms with van der Waals surface area (Å²) in [6.45, 7) is 4.91. The van der Waals surface area contributed by atoms with Crippen LogP contribution in [0, 0.1) is 6.92 Å². The summed E-state index contributed by atoms with van der Waals surface area (Å²) in [5.74, 6) is 0.865. The van der Waals surface area contributed by atoms with E-state index in [1.807, 2.05) is 29.7 Å². The first-order chi connectivity index (χ1) is 7.22. The number of hydrogen-bond acceptors (Lipinski definition) is 3. The highest BCUT2D eigenvalue weighted by Crippen LogP contribution is 2.21. The first kappa shape index (κ1) is 9.71. The van der Waals surface area contributed by atoms with E-state index in [4.69, 9.17) is 5.73 Å². The lowest BCUT2D eigenvalue weighted by atomic mass is 10.1. The molecule has 78 valence electrons. The Morgan fingerprint density at radius 3 is 2.87 bits per heavy atom. The van der Waals surface area contributed by atoms with Crippen molar-refractivity contribution in [2.45, 2.75) is 20.4 Å². The number of nitrogens with zero attached hydrogens (tertiary/aromatic N) is 3. The number of hydrogen-bond donors (Lipinski definition) is 1. The molecule has 2 N–H and O–H groups in total. The van der Waals surface area contributed by atoms with E-state index < -0.39 is 0 Å². The van der Waals surface area contributed by atoms with Gasteiger partial charge in [-0.3, -0.25) is 0 Å². The fraction of sp³-hybridized carbons (Fsp3) is 0.273. The van der Waals surface area contributed by atoms with Crippen molar-refractivity contribution in [3.05, 3.63) is 30.1 Å². The predicted octanol–water partition coefficient (Wildman–Crippen LogP) is 1.86. The molecule has 15 heavy (non-hydrogen) atoms. The Bertz CT molecular complexity index is 473. The zero-order valence-electron chi connectivity index (χ0n) is 8.94. The molecular formula is C11H14N4. The maximum absolute atomic E-state index is 5.86. The molecular weight excluding hydrogens is 188 g/mol. The van der Waals surface area contributed by atoms with Gasteiger partial charge in [-0.2, -0.15) is 0 Å². The van der Waals surface area contributed by atoms with Crippen LogP contribution in [-0.4, -0.2) is 14.8 Å². The van der Waals surface area contributed by atoms with Gasteiger partial charge in [-0.05, 0) is 25.5 Å². The lowest BCUT2D eigenvalue weighted by Gasteiger charge is -2.05. The van der Waals surface area contributed by atoms with Crippen molar-refractivity contribution < 1.29 is 0 Å². The topological polar surface area (TPSA) is 56.7 Å². The predicted molar refractivity (Wildman–Crippen MR) is 60.3 cm³/mol.